The molecule has 0 spiro atoms. The lowest BCUT2D eigenvalue weighted by molar-refractivity contribution is 0.340. The van der Waals surface area contributed by atoms with Gasteiger partial charge in [0.15, 0.2) is 5.82 Å². The van der Waals surface area contributed by atoms with Crippen LogP contribution in [0.5, 0.6) is 0 Å². The van der Waals surface area contributed by atoms with Gasteiger partial charge in [-0.1, -0.05) is 0 Å². The highest BCUT2D eigenvalue weighted by molar-refractivity contribution is 5.65. The molecule has 138 valence electrons. The number of nitrogen functional groups attached to an aromatic ring is 1. The molecule has 4 heterocycles. The van der Waals surface area contributed by atoms with Crippen molar-refractivity contribution in [3.05, 3.63) is 44.5 Å². The predicted molar refractivity (Wildman–Crippen MR) is 96.7 cm³/mol. The van der Waals surface area contributed by atoms with E-state index in [4.69, 9.17) is 5.84 Å². The summed E-state index contributed by atoms with van der Waals surface area (Å²) in [6, 6.07) is 2.05. The number of nitrogens with zero attached hydrogens (tertiary/aromatic N) is 3. The molecule has 2 unspecified atom stereocenters. The molecule has 0 radical (unpaired) electrons. The molecule has 26 heavy (non-hydrogen) atoms. The van der Waals surface area contributed by atoms with Gasteiger partial charge >= 0.3 is 5.69 Å². The molecule has 8 heteroatoms. The number of aromatic nitrogens is 2. The molecule has 0 bridgehead atoms. The summed E-state index contributed by atoms with van der Waals surface area (Å²) in [5.74, 6) is 5.79. The lowest BCUT2D eigenvalue weighted by Crippen LogP contribution is -2.44. The number of hydrogen-bond donors (Lipinski definition) is 2. The van der Waals surface area contributed by atoms with Crippen molar-refractivity contribution < 1.29 is 4.39 Å². The molecule has 2 aliphatic heterocycles. The minimum absolute atomic E-state index is 0.106. The van der Waals surface area contributed by atoms with E-state index < -0.39 is 17.1 Å². The molecule has 3 fully saturated rings. The molecule has 2 saturated heterocycles. The summed E-state index contributed by atoms with van der Waals surface area (Å²) in [4.78, 5) is 26.9. The minimum Gasteiger partial charge on any atom is -0.367 e. The maximum atomic E-state index is 14.9. The van der Waals surface area contributed by atoms with Gasteiger partial charge in [0.1, 0.15) is 0 Å². The van der Waals surface area contributed by atoms with E-state index in [0.717, 1.165) is 45.3 Å². The van der Waals surface area contributed by atoms with Crippen molar-refractivity contribution in [2.24, 2.45) is 5.92 Å². The van der Waals surface area contributed by atoms with Crippen LogP contribution in [0.2, 0.25) is 0 Å². The number of nitrogens with two attached hydrogens (primary N) is 1. The Morgan fingerprint density at radius 1 is 1.19 bits per heavy atom. The van der Waals surface area contributed by atoms with Crippen LogP contribution in [0.3, 0.4) is 0 Å². The molecule has 7 nitrogen and oxygen atoms in total. The summed E-state index contributed by atoms with van der Waals surface area (Å²) in [5.41, 5.74) is 0.312. The fraction of sp³-hybridized carbons (Fsp3) is 0.556. The van der Waals surface area contributed by atoms with E-state index in [2.05, 4.69) is 5.32 Å². The van der Waals surface area contributed by atoms with E-state index in [1.165, 1.54) is 10.6 Å². The lowest BCUT2D eigenvalue weighted by atomic mass is 9.94. The SMILES string of the molecule is Nn1c(=O)c(C2CC2)c2cc(N3CC4CCCNC4C3)c(F)cn2c1=O. The third-order valence-corrected chi connectivity index (χ3v) is 6.08. The highest BCUT2D eigenvalue weighted by atomic mass is 19.1. The predicted octanol–water partition coefficient (Wildman–Crippen LogP) is 0.380. The maximum absolute atomic E-state index is 14.9. The molecule has 5 rings (SSSR count). The van der Waals surface area contributed by atoms with Crippen molar-refractivity contribution in [2.75, 3.05) is 30.4 Å². The Balaban J connectivity index is 1.67. The Hall–Kier alpha value is -2.35. The average molecular weight is 359 g/mol. The highest BCUT2D eigenvalue weighted by Gasteiger charge is 2.36. The van der Waals surface area contributed by atoms with E-state index in [0.29, 0.717) is 33.4 Å². The second-order valence-corrected chi connectivity index (χ2v) is 7.78. The zero-order valence-corrected chi connectivity index (χ0v) is 14.4. The monoisotopic (exact) mass is 359 g/mol. The van der Waals surface area contributed by atoms with Gasteiger partial charge in [0, 0.05) is 24.7 Å². The first-order valence-electron chi connectivity index (χ1n) is 9.29. The second kappa shape index (κ2) is 5.57. The molecule has 0 aromatic carbocycles. The third-order valence-electron chi connectivity index (χ3n) is 6.08. The molecule has 1 saturated carbocycles. The van der Waals surface area contributed by atoms with Crippen LogP contribution in [0, 0.1) is 11.7 Å². The van der Waals surface area contributed by atoms with E-state index in [-0.39, 0.29) is 5.92 Å². The number of nitrogens with one attached hydrogen (secondary N) is 1. The standard InChI is InChI=1S/C18H22FN5O2/c19-12-8-23-15(16(10-3-4-10)17(25)24(20)18(23)26)6-14(12)22-7-11-2-1-5-21-13(11)9-22/h6,8,10-11,13,21H,1-5,7,9,20H2. The number of hydrogen-bond acceptors (Lipinski definition) is 5. The second-order valence-electron chi connectivity index (χ2n) is 7.78. The van der Waals surface area contributed by atoms with Crippen molar-refractivity contribution in [1.82, 2.24) is 14.4 Å². The quantitative estimate of drug-likeness (QED) is 0.758. The van der Waals surface area contributed by atoms with Crippen molar-refractivity contribution in [3.63, 3.8) is 0 Å². The van der Waals surface area contributed by atoms with Gasteiger partial charge in [0.25, 0.3) is 5.56 Å². The molecular weight excluding hydrogens is 337 g/mol. The van der Waals surface area contributed by atoms with Gasteiger partial charge in [-0.15, -0.1) is 0 Å². The number of pyridine rings is 1. The van der Waals surface area contributed by atoms with Crippen molar-refractivity contribution in [2.45, 2.75) is 37.6 Å². The van der Waals surface area contributed by atoms with Gasteiger partial charge in [-0.3, -0.25) is 9.20 Å². The third kappa shape index (κ3) is 2.28. The van der Waals surface area contributed by atoms with E-state index >= 15 is 0 Å². The largest absolute Gasteiger partial charge is 0.367 e. The van der Waals surface area contributed by atoms with Crippen LogP contribution in [0.25, 0.3) is 5.52 Å². The van der Waals surface area contributed by atoms with Gasteiger partial charge in [-0.05, 0) is 50.1 Å². The molecule has 2 aromatic heterocycles. The number of anilines is 1. The van der Waals surface area contributed by atoms with E-state index in [9.17, 15) is 14.0 Å². The summed E-state index contributed by atoms with van der Waals surface area (Å²) in [5, 5.41) is 3.51. The van der Waals surface area contributed by atoms with Crippen LogP contribution in [0.4, 0.5) is 10.1 Å². The van der Waals surface area contributed by atoms with E-state index in [1.807, 2.05) is 4.90 Å². The molecule has 3 N–H and O–H groups in total. The first-order valence-corrected chi connectivity index (χ1v) is 9.29. The first-order chi connectivity index (χ1) is 12.5. The van der Waals surface area contributed by atoms with Crippen LogP contribution in [-0.2, 0) is 0 Å². The fourth-order valence-electron chi connectivity index (χ4n) is 4.57. The van der Waals surface area contributed by atoms with Gasteiger partial charge in [0.05, 0.1) is 17.4 Å². The number of halogens is 1. The molecule has 0 amide bonds. The van der Waals surface area contributed by atoms with Crippen molar-refractivity contribution in [3.8, 4) is 0 Å². The number of rotatable bonds is 2. The maximum Gasteiger partial charge on any atom is 0.354 e. The van der Waals surface area contributed by atoms with Crippen molar-refractivity contribution in [1.29, 1.82) is 0 Å². The average Bonchev–Trinajstić information content (AvgIpc) is 3.37. The smallest absolute Gasteiger partial charge is 0.354 e. The molecule has 2 atom stereocenters. The highest BCUT2D eigenvalue weighted by Crippen LogP contribution is 2.41. The molecule has 2 aromatic rings. The van der Waals surface area contributed by atoms with Gasteiger partial charge in [0.2, 0.25) is 0 Å². The zero-order valence-electron chi connectivity index (χ0n) is 14.4. The Labute approximate surface area is 149 Å². The lowest BCUT2D eigenvalue weighted by Gasteiger charge is -2.24. The molecule has 1 aliphatic carbocycles. The van der Waals surface area contributed by atoms with Crippen LogP contribution in [0.1, 0.15) is 37.2 Å². The number of fused-ring (bicyclic) bond motifs is 2. The number of piperidine rings is 1. The Bertz CT molecular complexity index is 995. The summed E-state index contributed by atoms with van der Waals surface area (Å²) < 4.78 is 16.6. The van der Waals surface area contributed by atoms with Gasteiger partial charge in [-0.2, -0.15) is 4.68 Å². The van der Waals surface area contributed by atoms with Gasteiger partial charge < -0.3 is 16.1 Å². The minimum atomic E-state index is -0.711. The summed E-state index contributed by atoms with van der Waals surface area (Å²) in [7, 11) is 0. The van der Waals surface area contributed by atoms with Crippen LogP contribution in [-0.4, -0.2) is 34.8 Å². The summed E-state index contributed by atoms with van der Waals surface area (Å²) in [6.07, 6.45) is 5.26. The van der Waals surface area contributed by atoms with E-state index in [1.54, 1.807) is 6.07 Å². The first kappa shape index (κ1) is 15.9. The normalized spacial score (nSPS) is 25.7. The van der Waals surface area contributed by atoms with Crippen molar-refractivity contribution >= 4 is 11.2 Å². The Morgan fingerprint density at radius 2 is 2.00 bits per heavy atom. The Morgan fingerprint density at radius 3 is 2.73 bits per heavy atom. The fourth-order valence-corrected chi connectivity index (χ4v) is 4.57. The Kier molecular flexibility index (Phi) is 3.40. The topological polar surface area (TPSA) is 84.8 Å². The van der Waals surface area contributed by atoms with Crippen LogP contribution < -0.4 is 27.3 Å². The van der Waals surface area contributed by atoms with Crippen LogP contribution >= 0.6 is 0 Å². The summed E-state index contributed by atoms with van der Waals surface area (Å²) >= 11 is 0. The summed E-state index contributed by atoms with van der Waals surface area (Å²) in [6.45, 7) is 2.54. The van der Waals surface area contributed by atoms with Gasteiger partial charge in [-0.25, -0.2) is 9.18 Å². The van der Waals surface area contributed by atoms with Crippen LogP contribution in [0.15, 0.2) is 21.9 Å². The molecule has 3 aliphatic rings. The zero-order chi connectivity index (χ0) is 18.0. The molecular formula is C18H22FN5O2.